The van der Waals surface area contributed by atoms with Crippen molar-refractivity contribution in [1.29, 1.82) is 0 Å². The van der Waals surface area contributed by atoms with Crippen molar-refractivity contribution in [3.05, 3.63) is 65.2 Å². The summed E-state index contributed by atoms with van der Waals surface area (Å²) in [5.41, 5.74) is 1.93. The fourth-order valence-electron chi connectivity index (χ4n) is 2.82. The number of phenols is 1. The maximum absolute atomic E-state index is 12.8. The lowest BCUT2D eigenvalue weighted by molar-refractivity contribution is -0.122. The van der Waals surface area contributed by atoms with Crippen LogP contribution in [0.3, 0.4) is 0 Å². The number of aromatic hydroxyl groups is 1. The van der Waals surface area contributed by atoms with E-state index in [1.165, 1.54) is 18.2 Å². The van der Waals surface area contributed by atoms with Gasteiger partial charge in [-0.1, -0.05) is 38.1 Å². The van der Waals surface area contributed by atoms with Gasteiger partial charge in [0.15, 0.2) is 0 Å². The number of urea groups is 1. The van der Waals surface area contributed by atoms with E-state index >= 15 is 0 Å². The van der Waals surface area contributed by atoms with E-state index in [-0.39, 0.29) is 11.3 Å². The number of anilines is 1. The van der Waals surface area contributed by atoms with Crippen molar-refractivity contribution in [2.24, 2.45) is 0 Å². The summed E-state index contributed by atoms with van der Waals surface area (Å²) in [5, 5.41) is 11.5. The summed E-state index contributed by atoms with van der Waals surface area (Å²) in [7, 11) is 0. The van der Waals surface area contributed by atoms with Crippen LogP contribution in [0, 0.1) is 0 Å². The summed E-state index contributed by atoms with van der Waals surface area (Å²) < 4.78 is 0. The van der Waals surface area contributed by atoms with E-state index in [9.17, 15) is 19.5 Å². The Morgan fingerprint density at radius 2 is 1.67 bits per heavy atom. The normalized spacial score (nSPS) is 17.2. The molecule has 27 heavy (non-hydrogen) atoms. The van der Waals surface area contributed by atoms with Gasteiger partial charge in [0.2, 0.25) is 0 Å². The molecule has 0 unspecified atom stereocenters. The number of rotatable bonds is 4. The second-order valence-electron chi connectivity index (χ2n) is 6.45. The zero-order chi connectivity index (χ0) is 19.6. The minimum atomic E-state index is -0.774. The summed E-state index contributed by atoms with van der Waals surface area (Å²) in [6.45, 7) is 4.19. The van der Waals surface area contributed by atoms with Crippen LogP contribution in [0.2, 0.25) is 0 Å². The first-order valence-corrected chi connectivity index (χ1v) is 8.71. The van der Waals surface area contributed by atoms with Gasteiger partial charge < -0.3 is 5.11 Å². The zero-order valence-electron chi connectivity index (χ0n) is 15.1. The van der Waals surface area contributed by atoms with Gasteiger partial charge in [-0.05, 0) is 53.8 Å². The number of hydrogen-bond acceptors (Lipinski definition) is 4. The van der Waals surface area contributed by atoms with Crippen LogP contribution >= 0.6 is 0 Å². The molecule has 2 aromatic rings. The van der Waals surface area contributed by atoms with Gasteiger partial charge in [-0.3, -0.25) is 14.9 Å². The van der Waals surface area contributed by atoms with Gasteiger partial charge in [-0.25, -0.2) is 9.69 Å². The maximum Gasteiger partial charge on any atom is 0.335 e. The number of benzene rings is 2. The lowest BCUT2D eigenvalue weighted by Gasteiger charge is -2.26. The van der Waals surface area contributed by atoms with Crippen LogP contribution in [0.15, 0.2) is 54.1 Å². The number of nitrogens with one attached hydrogen (secondary N) is 1. The van der Waals surface area contributed by atoms with E-state index in [0.717, 1.165) is 16.9 Å². The molecule has 4 amide bonds. The van der Waals surface area contributed by atoms with Crippen LogP contribution in [0.4, 0.5) is 10.5 Å². The second kappa shape index (κ2) is 7.45. The molecule has 1 aliphatic rings. The number of phenolic OH excluding ortho intramolecular Hbond substituents is 1. The monoisotopic (exact) mass is 364 g/mol. The summed E-state index contributed by atoms with van der Waals surface area (Å²) in [5.74, 6) is -0.982. The van der Waals surface area contributed by atoms with Gasteiger partial charge >= 0.3 is 6.03 Å². The van der Waals surface area contributed by atoms with Gasteiger partial charge in [0.1, 0.15) is 11.3 Å². The van der Waals surface area contributed by atoms with Crippen molar-refractivity contribution in [2.75, 3.05) is 4.90 Å². The molecule has 1 saturated heterocycles. The van der Waals surface area contributed by atoms with E-state index < -0.39 is 17.8 Å². The predicted molar refractivity (Wildman–Crippen MR) is 102 cm³/mol. The fraction of sp³-hybridized carbons (Fsp3) is 0.190. The molecule has 0 saturated carbocycles. The lowest BCUT2D eigenvalue weighted by atomic mass is 9.98. The highest BCUT2D eigenvalue weighted by Gasteiger charge is 2.36. The minimum Gasteiger partial charge on any atom is -0.508 e. The highest BCUT2D eigenvalue weighted by molar-refractivity contribution is 6.39. The number of carbonyl (C=O) groups excluding carboxylic acids is 3. The standard InChI is InChI=1S/C21H20N2O4/c1-3-13(2)15-6-8-16(9-7-15)23-20(26)18(19(25)22-21(23)27)12-14-4-10-17(24)11-5-14/h4-13,24H,3H2,1-2H3,(H,22,25,27)/b18-12-/t13-/m1/s1. The van der Waals surface area contributed by atoms with Crippen LogP contribution in [0.25, 0.3) is 6.08 Å². The molecule has 0 radical (unpaired) electrons. The average molecular weight is 364 g/mol. The molecule has 1 fully saturated rings. The van der Waals surface area contributed by atoms with E-state index in [0.29, 0.717) is 17.2 Å². The Labute approximate surface area is 157 Å². The molecule has 6 nitrogen and oxygen atoms in total. The third kappa shape index (κ3) is 3.74. The number of imide groups is 2. The number of hydrogen-bond donors (Lipinski definition) is 2. The molecule has 1 aliphatic heterocycles. The van der Waals surface area contributed by atoms with Gasteiger partial charge in [-0.2, -0.15) is 0 Å². The van der Waals surface area contributed by atoms with Crippen LogP contribution in [0.5, 0.6) is 5.75 Å². The summed E-state index contributed by atoms with van der Waals surface area (Å²) in [6.07, 6.45) is 2.38. The van der Waals surface area contributed by atoms with Crippen molar-refractivity contribution in [2.45, 2.75) is 26.2 Å². The molecule has 0 aliphatic carbocycles. The van der Waals surface area contributed by atoms with Crippen LogP contribution in [-0.4, -0.2) is 23.0 Å². The Hall–Kier alpha value is -3.41. The van der Waals surface area contributed by atoms with E-state index in [1.807, 2.05) is 12.1 Å². The van der Waals surface area contributed by atoms with Gasteiger partial charge in [0.05, 0.1) is 5.69 Å². The third-order valence-corrected chi connectivity index (χ3v) is 4.64. The quantitative estimate of drug-likeness (QED) is 0.641. The topological polar surface area (TPSA) is 86.7 Å². The predicted octanol–water partition coefficient (Wildman–Crippen LogP) is 3.57. The summed E-state index contributed by atoms with van der Waals surface area (Å²) in [6, 6.07) is 12.4. The SMILES string of the molecule is CC[C@@H](C)c1ccc(N2C(=O)NC(=O)/C(=C/c3ccc(O)cc3)C2=O)cc1. The van der Waals surface area contributed by atoms with E-state index in [4.69, 9.17) is 0 Å². The van der Waals surface area contributed by atoms with Crippen molar-refractivity contribution < 1.29 is 19.5 Å². The Bertz CT molecular complexity index is 914. The first-order valence-electron chi connectivity index (χ1n) is 8.71. The Kier molecular flexibility index (Phi) is 5.07. The Morgan fingerprint density at radius 1 is 1.04 bits per heavy atom. The van der Waals surface area contributed by atoms with Crippen LogP contribution in [-0.2, 0) is 9.59 Å². The molecule has 1 heterocycles. The summed E-state index contributed by atoms with van der Waals surface area (Å²) in [4.78, 5) is 38.2. The molecule has 0 spiro atoms. The largest absolute Gasteiger partial charge is 0.508 e. The highest BCUT2D eigenvalue weighted by Crippen LogP contribution is 2.25. The minimum absolute atomic E-state index is 0.0785. The van der Waals surface area contributed by atoms with Crippen molar-refractivity contribution >= 4 is 29.6 Å². The highest BCUT2D eigenvalue weighted by atomic mass is 16.3. The molecule has 138 valence electrons. The molecular weight excluding hydrogens is 344 g/mol. The smallest absolute Gasteiger partial charge is 0.335 e. The van der Waals surface area contributed by atoms with Gasteiger partial charge in [-0.15, -0.1) is 0 Å². The number of carbonyl (C=O) groups is 3. The maximum atomic E-state index is 12.8. The van der Waals surface area contributed by atoms with Gasteiger partial charge in [0.25, 0.3) is 11.8 Å². The van der Waals surface area contributed by atoms with Crippen LogP contribution in [0.1, 0.15) is 37.3 Å². The van der Waals surface area contributed by atoms with Crippen LogP contribution < -0.4 is 10.2 Å². The molecule has 2 aromatic carbocycles. The van der Waals surface area contributed by atoms with E-state index in [2.05, 4.69) is 19.2 Å². The third-order valence-electron chi connectivity index (χ3n) is 4.64. The number of barbiturate groups is 1. The fourth-order valence-corrected chi connectivity index (χ4v) is 2.82. The second-order valence-corrected chi connectivity index (χ2v) is 6.45. The molecular formula is C21H20N2O4. The van der Waals surface area contributed by atoms with Crippen molar-refractivity contribution in [1.82, 2.24) is 5.32 Å². The molecule has 2 N–H and O–H groups in total. The Morgan fingerprint density at radius 3 is 2.26 bits per heavy atom. The number of amides is 4. The summed E-state index contributed by atoms with van der Waals surface area (Å²) >= 11 is 0. The van der Waals surface area contributed by atoms with E-state index in [1.54, 1.807) is 24.3 Å². The van der Waals surface area contributed by atoms with Crippen molar-refractivity contribution in [3.8, 4) is 5.75 Å². The lowest BCUT2D eigenvalue weighted by Crippen LogP contribution is -2.54. The molecule has 1 atom stereocenters. The first kappa shape index (κ1) is 18.4. The number of nitrogens with zero attached hydrogens (tertiary/aromatic N) is 1. The first-order chi connectivity index (χ1) is 12.9. The molecule has 3 rings (SSSR count). The molecule has 6 heteroatoms. The van der Waals surface area contributed by atoms with Gasteiger partial charge in [0, 0.05) is 0 Å². The Balaban J connectivity index is 1.94. The molecule has 0 aromatic heterocycles. The van der Waals surface area contributed by atoms with Crippen molar-refractivity contribution in [3.63, 3.8) is 0 Å². The average Bonchev–Trinajstić information content (AvgIpc) is 2.66. The zero-order valence-corrected chi connectivity index (χ0v) is 15.1. The molecule has 0 bridgehead atoms.